The second-order valence-electron chi connectivity index (χ2n) is 6.85. The number of halogens is 1. The summed E-state index contributed by atoms with van der Waals surface area (Å²) in [4.78, 5) is 30.3. The summed E-state index contributed by atoms with van der Waals surface area (Å²) >= 11 is 0. The number of hydrogen-bond donors (Lipinski definition) is 1. The molecule has 6 nitrogen and oxygen atoms in total. The lowest BCUT2D eigenvalue weighted by Crippen LogP contribution is -2.26. The van der Waals surface area contributed by atoms with Crippen molar-refractivity contribution in [3.8, 4) is 5.75 Å². The van der Waals surface area contributed by atoms with Crippen LogP contribution in [0.25, 0.3) is 10.9 Å². The van der Waals surface area contributed by atoms with E-state index in [1.807, 2.05) is 0 Å². The Morgan fingerprint density at radius 1 is 1.21 bits per heavy atom. The maximum atomic E-state index is 13.0. The molecule has 0 aliphatic heterocycles. The molecule has 1 aromatic heterocycles. The molecule has 152 valence electrons. The minimum atomic E-state index is -0.384. The van der Waals surface area contributed by atoms with E-state index in [0.717, 1.165) is 18.4 Å². The summed E-state index contributed by atoms with van der Waals surface area (Å²) in [6, 6.07) is 9.15. The molecule has 3 aromatic rings. The summed E-state index contributed by atoms with van der Waals surface area (Å²) in [5.74, 6) is 0.192. The fraction of sp³-hybridized carbons (Fsp3) is 0.318. The van der Waals surface area contributed by atoms with Crippen molar-refractivity contribution in [2.24, 2.45) is 7.05 Å². The molecule has 1 heterocycles. The molecule has 0 aliphatic carbocycles. The Balaban J connectivity index is 1.95. The maximum Gasteiger partial charge on any atom is 0.264 e. The molecule has 0 atom stereocenters. The first kappa shape index (κ1) is 20.5. The molecule has 3 rings (SSSR count). The Morgan fingerprint density at radius 3 is 2.59 bits per heavy atom. The summed E-state index contributed by atoms with van der Waals surface area (Å²) in [6.07, 6.45) is 2.65. The lowest BCUT2D eigenvalue weighted by atomic mass is 10.1. The zero-order valence-corrected chi connectivity index (χ0v) is 16.8. The molecule has 0 unspecified atom stereocenters. The maximum absolute atomic E-state index is 13.0. The van der Waals surface area contributed by atoms with Crippen molar-refractivity contribution in [3.63, 3.8) is 0 Å². The van der Waals surface area contributed by atoms with Gasteiger partial charge in [-0.2, -0.15) is 0 Å². The van der Waals surface area contributed by atoms with Gasteiger partial charge in [0.25, 0.3) is 11.5 Å². The second kappa shape index (κ2) is 8.86. The van der Waals surface area contributed by atoms with E-state index in [4.69, 9.17) is 4.74 Å². The molecule has 1 amide bonds. The van der Waals surface area contributed by atoms with E-state index in [-0.39, 0.29) is 40.5 Å². The lowest BCUT2D eigenvalue weighted by molar-refractivity contribution is 0.0948. The van der Waals surface area contributed by atoms with E-state index in [9.17, 15) is 14.0 Å². The van der Waals surface area contributed by atoms with Gasteiger partial charge in [-0.1, -0.05) is 25.5 Å². The largest absolute Gasteiger partial charge is 0.495 e. The van der Waals surface area contributed by atoms with Gasteiger partial charge in [0.2, 0.25) is 0 Å². The van der Waals surface area contributed by atoms with Crippen LogP contribution in [0, 0.1) is 5.82 Å². The molecule has 0 saturated heterocycles. The third kappa shape index (κ3) is 4.29. The highest BCUT2D eigenvalue weighted by Gasteiger charge is 2.20. The first-order valence-corrected chi connectivity index (χ1v) is 9.55. The van der Waals surface area contributed by atoms with Crippen LogP contribution in [0.15, 0.2) is 41.2 Å². The molecular weight excluding hydrogens is 373 g/mol. The van der Waals surface area contributed by atoms with E-state index in [1.165, 1.54) is 23.8 Å². The van der Waals surface area contributed by atoms with Crippen molar-refractivity contribution in [1.82, 2.24) is 14.9 Å². The standard InChI is InChI=1S/C22H24FN3O3/c1-4-5-6-18-25-17-12-11-16(20(29-3)19(17)22(28)26(18)2)21(27)24-13-14-7-9-15(23)10-8-14/h7-12H,4-6,13H2,1-3H3,(H,24,27). The minimum Gasteiger partial charge on any atom is -0.495 e. The van der Waals surface area contributed by atoms with Gasteiger partial charge in [0, 0.05) is 20.0 Å². The van der Waals surface area contributed by atoms with Crippen LogP contribution in [0.5, 0.6) is 5.75 Å². The van der Waals surface area contributed by atoms with Crippen LogP contribution in [0.4, 0.5) is 4.39 Å². The monoisotopic (exact) mass is 397 g/mol. The van der Waals surface area contributed by atoms with Crippen molar-refractivity contribution in [2.45, 2.75) is 32.7 Å². The van der Waals surface area contributed by atoms with Gasteiger partial charge < -0.3 is 10.1 Å². The van der Waals surface area contributed by atoms with Gasteiger partial charge in [0.15, 0.2) is 0 Å². The zero-order chi connectivity index (χ0) is 21.0. The summed E-state index contributed by atoms with van der Waals surface area (Å²) < 4.78 is 20.0. The van der Waals surface area contributed by atoms with Gasteiger partial charge in [0.1, 0.15) is 22.8 Å². The number of carbonyl (C=O) groups is 1. The molecule has 1 N–H and O–H groups in total. The molecule has 0 aliphatic rings. The molecule has 2 aromatic carbocycles. The van der Waals surface area contributed by atoms with Crippen molar-refractivity contribution < 1.29 is 13.9 Å². The third-order valence-corrected chi connectivity index (χ3v) is 4.86. The number of nitrogens with one attached hydrogen (secondary N) is 1. The van der Waals surface area contributed by atoms with Crippen molar-refractivity contribution in [2.75, 3.05) is 7.11 Å². The number of aryl methyl sites for hydroxylation is 1. The number of amides is 1. The summed E-state index contributed by atoms with van der Waals surface area (Å²) in [5, 5.41) is 3.06. The molecule has 29 heavy (non-hydrogen) atoms. The number of nitrogens with zero attached hydrogens (tertiary/aromatic N) is 2. The summed E-state index contributed by atoms with van der Waals surface area (Å²) in [5.41, 5.74) is 1.28. The first-order valence-electron chi connectivity index (χ1n) is 9.55. The number of benzene rings is 2. The smallest absolute Gasteiger partial charge is 0.264 e. The van der Waals surface area contributed by atoms with Gasteiger partial charge in [0.05, 0.1) is 18.2 Å². The number of rotatable bonds is 7. The van der Waals surface area contributed by atoms with Crippen LogP contribution >= 0.6 is 0 Å². The Hall–Kier alpha value is -3.22. The van der Waals surface area contributed by atoms with Gasteiger partial charge in [-0.05, 0) is 36.2 Å². The molecule has 0 radical (unpaired) electrons. The summed E-state index contributed by atoms with van der Waals surface area (Å²) in [7, 11) is 3.11. The fourth-order valence-corrected chi connectivity index (χ4v) is 3.20. The van der Waals surface area contributed by atoms with Crippen LogP contribution in [-0.4, -0.2) is 22.6 Å². The number of ether oxygens (including phenoxy) is 1. The number of methoxy groups -OCH3 is 1. The summed E-state index contributed by atoms with van der Waals surface area (Å²) in [6.45, 7) is 2.31. The average Bonchev–Trinajstić information content (AvgIpc) is 2.73. The van der Waals surface area contributed by atoms with Crippen molar-refractivity contribution in [1.29, 1.82) is 0 Å². The zero-order valence-electron chi connectivity index (χ0n) is 16.8. The third-order valence-electron chi connectivity index (χ3n) is 4.86. The number of hydrogen-bond acceptors (Lipinski definition) is 4. The van der Waals surface area contributed by atoms with E-state index >= 15 is 0 Å². The van der Waals surface area contributed by atoms with Crippen molar-refractivity contribution >= 4 is 16.8 Å². The number of unbranched alkanes of at least 4 members (excludes halogenated alkanes) is 1. The molecular formula is C22H24FN3O3. The second-order valence-corrected chi connectivity index (χ2v) is 6.85. The predicted molar refractivity (Wildman–Crippen MR) is 110 cm³/mol. The van der Waals surface area contributed by atoms with E-state index < -0.39 is 0 Å². The highest BCUT2D eigenvalue weighted by atomic mass is 19.1. The number of fused-ring (bicyclic) bond motifs is 1. The Kier molecular flexibility index (Phi) is 6.26. The lowest BCUT2D eigenvalue weighted by Gasteiger charge is -2.14. The van der Waals surface area contributed by atoms with Gasteiger partial charge >= 0.3 is 0 Å². The van der Waals surface area contributed by atoms with Gasteiger partial charge in [-0.25, -0.2) is 9.37 Å². The Morgan fingerprint density at radius 2 is 1.93 bits per heavy atom. The van der Waals surface area contributed by atoms with Crippen LogP contribution in [0.1, 0.15) is 41.5 Å². The van der Waals surface area contributed by atoms with E-state index in [1.54, 1.807) is 31.3 Å². The molecule has 7 heteroatoms. The number of carbonyl (C=O) groups excluding carboxylic acids is 1. The van der Waals surface area contributed by atoms with Crippen LogP contribution in [0.2, 0.25) is 0 Å². The highest BCUT2D eigenvalue weighted by Crippen LogP contribution is 2.27. The quantitative estimate of drug-likeness (QED) is 0.664. The minimum absolute atomic E-state index is 0.203. The number of aromatic nitrogens is 2. The van der Waals surface area contributed by atoms with Gasteiger partial charge in [-0.3, -0.25) is 14.2 Å². The normalized spacial score (nSPS) is 10.9. The Bertz CT molecular complexity index is 1090. The molecule has 0 saturated carbocycles. The first-order chi connectivity index (χ1) is 14.0. The topological polar surface area (TPSA) is 73.2 Å². The fourth-order valence-electron chi connectivity index (χ4n) is 3.20. The highest BCUT2D eigenvalue weighted by molar-refractivity contribution is 6.02. The van der Waals surface area contributed by atoms with Crippen LogP contribution < -0.4 is 15.6 Å². The average molecular weight is 397 g/mol. The predicted octanol–water partition coefficient (Wildman–Crippen LogP) is 3.35. The van der Waals surface area contributed by atoms with Crippen LogP contribution in [0.3, 0.4) is 0 Å². The Labute approximate surface area is 168 Å². The van der Waals surface area contributed by atoms with E-state index in [0.29, 0.717) is 17.8 Å². The molecule has 0 fully saturated rings. The van der Waals surface area contributed by atoms with Crippen molar-refractivity contribution in [3.05, 3.63) is 69.5 Å². The van der Waals surface area contributed by atoms with E-state index in [2.05, 4.69) is 17.2 Å². The van der Waals surface area contributed by atoms with Gasteiger partial charge in [-0.15, -0.1) is 0 Å². The molecule has 0 spiro atoms. The molecule has 0 bridgehead atoms. The SMILES string of the molecule is CCCCc1nc2ccc(C(=O)NCc3ccc(F)cc3)c(OC)c2c(=O)n1C. The van der Waals surface area contributed by atoms with Crippen LogP contribution in [-0.2, 0) is 20.0 Å².